The molecule has 0 bridgehead atoms. The maximum absolute atomic E-state index is 11.6. The van der Waals surface area contributed by atoms with Crippen molar-refractivity contribution >= 4 is 23.2 Å². The second-order valence-electron chi connectivity index (χ2n) is 5.88. The summed E-state index contributed by atoms with van der Waals surface area (Å²) in [7, 11) is 0. The van der Waals surface area contributed by atoms with Gasteiger partial charge < -0.3 is 4.90 Å². The molecule has 0 amide bonds. The molecule has 2 heterocycles. The number of Topliss-reactive ketones (excluding diaryl/α,β-unsaturated/α-hetero) is 1. The van der Waals surface area contributed by atoms with E-state index in [1.807, 2.05) is 23.1 Å². The van der Waals surface area contributed by atoms with Gasteiger partial charge >= 0.3 is 0 Å². The molecule has 2 aromatic rings. The maximum atomic E-state index is 11.6. The first-order valence-corrected chi connectivity index (χ1v) is 8.35. The maximum Gasteiger partial charge on any atom is 0.224 e. The summed E-state index contributed by atoms with van der Waals surface area (Å²) in [6.07, 6.45) is 1.39. The Morgan fingerprint density at radius 3 is 2.61 bits per heavy atom. The highest BCUT2D eigenvalue weighted by atomic mass is 35.5. The van der Waals surface area contributed by atoms with Gasteiger partial charge in [0.25, 0.3) is 0 Å². The van der Waals surface area contributed by atoms with E-state index in [-0.39, 0.29) is 17.0 Å². The van der Waals surface area contributed by atoms with Gasteiger partial charge in [0.1, 0.15) is 5.82 Å². The van der Waals surface area contributed by atoms with E-state index in [4.69, 9.17) is 11.6 Å². The molecule has 1 saturated heterocycles. The first kappa shape index (κ1) is 15.9. The number of nitrogens with zero attached hydrogens (tertiary/aromatic N) is 3. The minimum absolute atomic E-state index is 0.128. The van der Waals surface area contributed by atoms with Gasteiger partial charge in [0.05, 0.1) is 12.2 Å². The van der Waals surface area contributed by atoms with Crippen LogP contribution in [0, 0.1) is 0 Å². The number of aromatic nitrogens is 2. The SMILES string of the molecule is CCc1c(C(C)c2ccccc2)nc(Cl)nc1N1CCC(=O)C1. The Morgan fingerprint density at radius 1 is 1.26 bits per heavy atom. The molecule has 0 spiro atoms. The Kier molecular flexibility index (Phi) is 4.62. The van der Waals surface area contributed by atoms with Crippen molar-refractivity contribution in [2.45, 2.75) is 32.6 Å². The van der Waals surface area contributed by atoms with Gasteiger partial charge in [-0.05, 0) is 23.6 Å². The summed E-state index contributed by atoms with van der Waals surface area (Å²) in [4.78, 5) is 22.6. The summed E-state index contributed by atoms with van der Waals surface area (Å²) in [6.45, 7) is 5.35. The standard InChI is InChI=1S/C18H20ClN3O/c1-3-15-16(12(2)13-7-5-4-6-8-13)20-18(19)21-17(15)22-10-9-14(23)11-22/h4-8,12H,3,9-11H2,1-2H3. The molecule has 5 heteroatoms. The minimum atomic E-state index is 0.128. The Labute approximate surface area is 141 Å². The van der Waals surface area contributed by atoms with Crippen LogP contribution in [0.1, 0.15) is 43.0 Å². The Hall–Kier alpha value is -1.94. The fourth-order valence-corrected chi connectivity index (χ4v) is 3.30. The third-order valence-electron chi connectivity index (χ3n) is 4.38. The molecule has 1 aromatic heterocycles. The first-order chi connectivity index (χ1) is 11.1. The zero-order chi connectivity index (χ0) is 16.4. The molecule has 23 heavy (non-hydrogen) atoms. The minimum Gasteiger partial charge on any atom is -0.348 e. The van der Waals surface area contributed by atoms with Crippen LogP contribution in [-0.2, 0) is 11.2 Å². The molecule has 3 rings (SSSR count). The van der Waals surface area contributed by atoms with Crippen LogP contribution in [0.25, 0.3) is 0 Å². The molecule has 0 aliphatic carbocycles. The largest absolute Gasteiger partial charge is 0.348 e. The lowest BCUT2D eigenvalue weighted by Gasteiger charge is -2.23. The van der Waals surface area contributed by atoms with E-state index in [0.717, 1.165) is 23.5 Å². The van der Waals surface area contributed by atoms with Gasteiger partial charge in [0.2, 0.25) is 5.28 Å². The zero-order valence-electron chi connectivity index (χ0n) is 13.4. The number of benzene rings is 1. The van der Waals surface area contributed by atoms with Crippen LogP contribution in [0.3, 0.4) is 0 Å². The van der Waals surface area contributed by atoms with E-state index in [9.17, 15) is 4.79 Å². The number of hydrogen-bond acceptors (Lipinski definition) is 4. The van der Waals surface area contributed by atoms with E-state index in [2.05, 4.69) is 35.9 Å². The second kappa shape index (κ2) is 6.67. The highest BCUT2D eigenvalue weighted by molar-refractivity contribution is 6.28. The van der Waals surface area contributed by atoms with Crippen molar-refractivity contribution in [2.24, 2.45) is 0 Å². The van der Waals surface area contributed by atoms with E-state index in [1.54, 1.807) is 0 Å². The smallest absolute Gasteiger partial charge is 0.224 e. The molecular formula is C18H20ClN3O. The molecule has 0 N–H and O–H groups in total. The van der Waals surface area contributed by atoms with Gasteiger partial charge in [-0.3, -0.25) is 4.79 Å². The van der Waals surface area contributed by atoms with Crippen molar-refractivity contribution in [3.05, 3.63) is 52.4 Å². The average molecular weight is 330 g/mol. The fourth-order valence-electron chi connectivity index (χ4n) is 3.13. The first-order valence-electron chi connectivity index (χ1n) is 7.98. The quantitative estimate of drug-likeness (QED) is 0.804. The molecular weight excluding hydrogens is 310 g/mol. The summed E-state index contributed by atoms with van der Waals surface area (Å²) in [5, 5.41) is 0.245. The summed E-state index contributed by atoms with van der Waals surface area (Å²) < 4.78 is 0. The summed E-state index contributed by atoms with van der Waals surface area (Å²) in [5.41, 5.74) is 3.23. The van der Waals surface area contributed by atoms with Crippen LogP contribution in [0.15, 0.2) is 30.3 Å². The molecule has 1 aliphatic heterocycles. The van der Waals surface area contributed by atoms with Crippen molar-refractivity contribution in [1.29, 1.82) is 0 Å². The van der Waals surface area contributed by atoms with Gasteiger partial charge in [-0.15, -0.1) is 0 Å². The van der Waals surface area contributed by atoms with Gasteiger partial charge in [-0.25, -0.2) is 9.97 Å². The van der Waals surface area contributed by atoms with Crippen molar-refractivity contribution in [1.82, 2.24) is 9.97 Å². The predicted molar refractivity (Wildman–Crippen MR) is 92.2 cm³/mol. The summed E-state index contributed by atoms with van der Waals surface area (Å²) >= 11 is 6.19. The summed E-state index contributed by atoms with van der Waals surface area (Å²) in [6, 6.07) is 10.3. The predicted octanol–water partition coefficient (Wildman–Crippen LogP) is 3.62. The number of anilines is 1. The van der Waals surface area contributed by atoms with E-state index < -0.39 is 0 Å². The molecule has 1 aliphatic rings. The molecule has 1 atom stereocenters. The van der Waals surface area contributed by atoms with Crippen LogP contribution in [-0.4, -0.2) is 28.8 Å². The average Bonchev–Trinajstić information content (AvgIpc) is 3.00. The van der Waals surface area contributed by atoms with Crippen LogP contribution in [0.5, 0.6) is 0 Å². The highest BCUT2D eigenvalue weighted by Gasteiger charge is 2.26. The Bertz CT molecular complexity index is 718. The van der Waals surface area contributed by atoms with Gasteiger partial charge in [0, 0.05) is 24.4 Å². The molecule has 1 fully saturated rings. The molecule has 0 radical (unpaired) electrons. The fraction of sp³-hybridized carbons (Fsp3) is 0.389. The van der Waals surface area contributed by atoms with Gasteiger partial charge in [0.15, 0.2) is 5.78 Å². The van der Waals surface area contributed by atoms with Crippen molar-refractivity contribution in [3.8, 4) is 0 Å². The molecule has 4 nitrogen and oxygen atoms in total. The number of carbonyl (C=O) groups excluding carboxylic acids is 1. The number of halogens is 1. The lowest BCUT2D eigenvalue weighted by atomic mass is 9.93. The van der Waals surface area contributed by atoms with E-state index in [0.29, 0.717) is 19.5 Å². The lowest BCUT2D eigenvalue weighted by molar-refractivity contribution is -0.116. The van der Waals surface area contributed by atoms with Crippen molar-refractivity contribution in [3.63, 3.8) is 0 Å². The highest BCUT2D eigenvalue weighted by Crippen LogP contribution is 2.32. The van der Waals surface area contributed by atoms with Gasteiger partial charge in [-0.1, -0.05) is 44.2 Å². The molecule has 0 saturated carbocycles. The number of rotatable bonds is 4. The number of ketones is 1. The second-order valence-corrected chi connectivity index (χ2v) is 6.21. The lowest BCUT2D eigenvalue weighted by Crippen LogP contribution is -2.24. The number of carbonyl (C=O) groups is 1. The summed E-state index contributed by atoms with van der Waals surface area (Å²) in [5.74, 6) is 1.19. The topological polar surface area (TPSA) is 46.1 Å². The zero-order valence-corrected chi connectivity index (χ0v) is 14.2. The third kappa shape index (κ3) is 3.22. The van der Waals surface area contributed by atoms with Gasteiger partial charge in [-0.2, -0.15) is 0 Å². The monoisotopic (exact) mass is 329 g/mol. The van der Waals surface area contributed by atoms with E-state index in [1.165, 1.54) is 5.56 Å². The van der Waals surface area contributed by atoms with Crippen molar-refractivity contribution < 1.29 is 4.79 Å². The Morgan fingerprint density at radius 2 is 2.00 bits per heavy atom. The van der Waals surface area contributed by atoms with Crippen LogP contribution in [0.2, 0.25) is 5.28 Å². The van der Waals surface area contributed by atoms with E-state index >= 15 is 0 Å². The van der Waals surface area contributed by atoms with Crippen molar-refractivity contribution in [2.75, 3.05) is 18.0 Å². The van der Waals surface area contributed by atoms with Crippen LogP contribution < -0.4 is 4.90 Å². The van der Waals surface area contributed by atoms with Crippen LogP contribution >= 0.6 is 11.6 Å². The normalized spacial score (nSPS) is 16.0. The molecule has 1 aromatic carbocycles. The molecule has 120 valence electrons. The Balaban J connectivity index is 2.06. The molecule has 1 unspecified atom stereocenters. The van der Waals surface area contributed by atoms with Crippen LogP contribution in [0.4, 0.5) is 5.82 Å². The third-order valence-corrected chi connectivity index (χ3v) is 4.55. The number of hydrogen-bond donors (Lipinski definition) is 0.